The van der Waals surface area contributed by atoms with Gasteiger partial charge in [0.15, 0.2) is 0 Å². The summed E-state index contributed by atoms with van der Waals surface area (Å²) in [5, 5.41) is 0. The van der Waals surface area contributed by atoms with Crippen molar-refractivity contribution in [3.8, 4) is 5.75 Å². The molecule has 0 atom stereocenters. The van der Waals surface area contributed by atoms with Crippen molar-refractivity contribution in [1.82, 2.24) is 4.90 Å². The average Bonchev–Trinajstić information content (AvgIpc) is 2.55. The number of hydrogen-bond donors (Lipinski definition) is 1. The number of benzene rings is 1. The van der Waals surface area contributed by atoms with Crippen molar-refractivity contribution in [2.45, 2.75) is 51.2 Å². The zero-order valence-electron chi connectivity index (χ0n) is 13.0. The Morgan fingerprint density at radius 1 is 1.24 bits per heavy atom. The number of rotatable bonds is 5. The molecule has 1 saturated heterocycles. The standard InChI is InChI=1S/C17H26N2O2/c1-3-17(18,4-2)16(20)19-12-10-15(11-13-19)21-14-8-6-5-7-9-14/h5-9,15H,3-4,10-13,18H2,1-2H3. The van der Waals surface area contributed by atoms with Crippen LogP contribution >= 0.6 is 0 Å². The number of piperidine rings is 1. The molecule has 116 valence electrons. The van der Waals surface area contributed by atoms with Crippen LogP contribution in [-0.2, 0) is 4.79 Å². The molecule has 4 nitrogen and oxygen atoms in total. The van der Waals surface area contributed by atoms with Crippen LogP contribution in [0.2, 0.25) is 0 Å². The highest BCUT2D eigenvalue weighted by molar-refractivity contribution is 5.86. The quantitative estimate of drug-likeness (QED) is 0.907. The van der Waals surface area contributed by atoms with E-state index < -0.39 is 5.54 Å². The molecule has 0 spiro atoms. The van der Waals surface area contributed by atoms with E-state index in [4.69, 9.17) is 10.5 Å². The average molecular weight is 290 g/mol. The van der Waals surface area contributed by atoms with Gasteiger partial charge in [-0.25, -0.2) is 0 Å². The van der Waals surface area contributed by atoms with E-state index in [0.29, 0.717) is 12.8 Å². The predicted molar refractivity (Wildman–Crippen MR) is 84.2 cm³/mol. The lowest BCUT2D eigenvalue weighted by molar-refractivity contribution is -0.139. The van der Waals surface area contributed by atoms with Crippen molar-refractivity contribution in [2.24, 2.45) is 5.73 Å². The van der Waals surface area contributed by atoms with Crippen molar-refractivity contribution in [1.29, 1.82) is 0 Å². The van der Waals surface area contributed by atoms with Gasteiger partial charge in [0.25, 0.3) is 0 Å². The van der Waals surface area contributed by atoms with Crippen molar-refractivity contribution in [2.75, 3.05) is 13.1 Å². The van der Waals surface area contributed by atoms with E-state index in [0.717, 1.165) is 31.7 Å². The summed E-state index contributed by atoms with van der Waals surface area (Å²) in [6, 6.07) is 9.86. The van der Waals surface area contributed by atoms with Crippen molar-refractivity contribution in [3.05, 3.63) is 30.3 Å². The van der Waals surface area contributed by atoms with Crippen molar-refractivity contribution in [3.63, 3.8) is 0 Å². The highest BCUT2D eigenvalue weighted by Crippen LogP contribution is 2.22. The first-order valence-electron chi connectivity index (χ1n) is 7.89. The summed E-state index contributed by atoms with van der Waals surface area (Å²) >= 11 is 0. The predicted octanol–water partition coefficient (Wildman–Crippen LogP) is 2.57. The molecule has 0 radical (unpaired) electrons. The number of nitrogens with zero attached hydrogens (tertiary/aromatic N) is 1. The first kappa shape index (κ1) is 15.8. The highest BCUT2D eigenvalue weighted by Gasteiger charge is 2.35. The Bertz CT molecular complexity index is 449. The normalized spacial score (nSPS) is 16.8. The minimum atomic E-state index is -0.701. The molecule has 0 unspecified atom stereocenters. The van der Waals surface area contributed by atoms with Crippen molar-refractivity contribution < 1.29 is 9.53 Å². The molecule has 2 N–H and O–H groups in total. The number of hydrogen-bond acceptors (Lipinski definition) is 3. The van der Waals surface area contributed by atoms with E-state index in [1.54, 1.807) is 0 Å². The van der Waals surface area contributed by atoms with Crippen LogP contribution in [0.5, 0.6) is 5.75 Å². The monoisotopic (exact) mass is 290 g/mol. The van der Waals surface area contributed by atoms with Gasteiger partial charge >= 0.3 is 0 Å². The second kappa shape index (κ2) is 6.94. The molecule has 1 heterocycles. The summed E-state index contributed by atoms with van der Waals surface area (Å²) in [5.74, 6) is 0.989. The smallest absolute Gasteiger partial charge is 0.242 e. The van der Waals surface area contributed by atoms with Crippen LogP contribution in [0.15, 0.2) is 30.3 Å². The maximum absolute atomic E-state index is 12.5. The number of carbonyl (C=O) groups is 1. The Morgan fingerprint density at radius 2 is 1.81 bits per heavy atom. The molecule has 0 saturated carbocycles. The van der Waals surface area contributed by atoms with Crippen LogP contribution in [0.4, 0.5) is 0 Å². The molecule has 1 amide bonds. The third-order valence-electron chi connectivity index (χ3n) is 4.46. The fourth-order valence-electron chi connectivity index (χ4n) is 2.74. The summed E-state index contributed by atoms with van der Waals surface area (Å²) in [7, 11) is 0. The van der Waals surface area contributed by atoms with Gasteiger partial charge in [0.2, 0.25) is 5.91 Å². The number of ether oxygens (including phenoxy) is 1. The van der Waals surface area contributed by atoms with E-state index in [-0.39, 0.29) is 12.0 Å². The van der Waals surface area contributed by atoms with Crippen LogP contribution in [0.1, 0.15) is 39.5 Å². The molecule has 1 aromatic rings. The molecular weight excluding hydrogens is 264 g/mol. The molecule has 1 aliphatic rings. The maximum Gasteiger partial charge on any atom is 0.242 e. The van der Waals surface area contributed by atoms with Crippen LogP contribution in [0.25, 0.3) is 0 Å². The van der Waals surface area contributed by atoms with Crippen LogP contribution in [0, 0.1) is 0 Å². The minimum Gasteiger partial charge on any atom is -0.490 e. The molecule has 4 heteroatoms. The van der Waals surface area contributed by atoms with E-state index in [1.807, 2.05) is 49.1 Å². The van der Waals surface area contributed by atoms with Gasteiger partial charge in [-0.1, -0.05) is 32.0 Å². The summed E-state index contributed by atoms with van der Waals surface area (Å²) in [6.45, 7) is 5.42. The molecule has 1 fully saturated rings. The Balaban J connectivity index is 1.87. The first-order chi connectivity index (χ1) is 10.1. The van der Waals surface area contributed by atoms with Gasteiger partial charge in [0.1, 0.15) is 11.9 Å². The van der Waals surface area contributed by atoms with Crippen LogP contribution in [-0.4, -0.2) is 35.5 Å². The van der Waals surface area contributed by atoms with Gasteiger partial charge in [-0.3, -0.25) is 4.79 Å². The number of likely N-dealkylation sites (tertiary alicyclic amines) is 1. The number of nitrogens with two attached hydrogens (primary N) is 1. The maximum atomic E-state index is 12.5. The lowest BCUT2D eigenvalue weighted by atomic mass is 9.91. The molecule has 2 rings (SSSR count). The van der Waals surface area contributed by atoms with E-state index >= 15 is 0 Å². The number of carbonyl (C=O) groups excluding carboxylic acids is 1. The van der Waals surface area contributed by atoms with E-state index in [2.05, 4.69) is 0 Å². The largest absolute Gasteiger partial charge is 0.490 e. The zero-order chi connectivity index (χ0) is 15.3. The molecule has 21 heavy (non-hydrogen) atoms. The second-order valence-electron chi connectivity index (χ2n) is 5.79. The number of para-hydroxylation sites is 1. The molecule has 1 aliphatic heterocycles. The summed E-state index contributed by atoms with van der Waals surface area (Å²) < 4.78 is 5.95. The molecule has 1 aromatic carbocycles. The molecule has 0 bridgehead atoms. The lowest BCUT2D eigenvalue weighted by Crippen LogP contribution is -2.56. The molecule has 0 aromatic heterocycles. The van der Waals surface area contributed by atoms with Crippen molar-refractivity contribution >= 4 is 5.91 Å². The van der Waals surface area contributed by atoms with Gasteiger partial charge in [0.05, 0.1) is 5.54 Å². The first-order valence-corrected chi connectivity index (χ1v) is 7.89. The fourth-order valence-corrected chi connectivity index (χ4v) is 2.74. The third kappa shape index (κ3) is 3.76. The van der Waals surface area contributed by atoms with E-state index in [1.165, 1.54) is 0 Å². The zero-order valence-corrected chi connectivity index (χ0v) is 13.0. The SMILES string of the molecule is CCC(N)(CC)C(=O)N1CCC(Oc2ccccc2)CC1. The number of amides is 1. The van der Waals surface area contributed by atoms with Gasteiger partial charge in [-0.15, -0.1) is 0 Å². The van der Waals surface area contributed by atoms with Gasteiger partial charge < -0.3 is 15.4 Å². The second-order valence-corrected chi connectivity index (χ2v) is 5.79. The van der Waals surface area contributed by atoms with Gasteiger partial charge in [-0.2, -0.15) is 0 Å². The van der Waals surface area contributed by atoms with Gasteiger partial charge in [0, 0.05) is 25.9 Å². The summed E-state index contributed by atoms with van der Waals surface area (Å²) in [5.41, 5.74) is 5.51. The Hall–Kier alpha value is -1.55. The lowest BCUT2D eigenvalue weighted by Gasteiger charge is -2.37. The molecule has 0 aliphatic carbocycles. The Kier molecular flexibility index (Phi) is 5.23. The minimum absolute atomic E-state index is 0.0886. The highest BCUT2D eigenvalue weighted by atomic mass is 16.5. The Morgan fingerprint density at radius 3 is 2.33 bits per heavy atom. The molecular formula is C17H26N2O2. The third-order valence-corrected chi connectivity index (χ3v) is 4.46. The summed E-state index contributed by atoms with van der Waals surface area (Å²) in [6.07, 6.45) is 3.28. The summed E-state index contributed by atoms with van der Waals surface area (Å²) in [4.78, 5) is 14.4. The van der Waals surface area contributed by atoms with Crippen LogP contribution < -0.4 is 10.5 Å². The van der Waals surface area contributed by atoms with Gasteiger partial charge in [-0.05, 0) is 25.0 Å². The van der Waals surface area contributed by atoms with Crippen LogP contribution in [0.3, 0.4) is 0 Å². The Labute approximate surface area is 127 Å². The fraction of sp³-hybridized carbons (Fsp3) is 0.588. The topological polar surface area (TPSA) is 55.6 Å². The van der Waals surface area contributed by atoms with E-state index in [9.17, 15) is 4.79 Å².